The quantitative estimate of drug-likeness (QED) is 0.358. The van der Waals surface area contributed by atoms with Crippen molar-refractivity contribution < 1.29 is 18.0 Å². The minimum atomic E-state index is -4.54. The van der Waals surface area contributed by atoms with E-state index in [1.165, 1.54) is 24.3 Å². The number of halogens is 3. The number of hydrogen-bond acceptors (Lipinski definition) is 3. The monoisotopic (exact) mass is 404 g/mol. The molecule has 4 nitrogen and oxygen atoms in total. The van der Waals surface area contributed by atoms with Crippen LogP contribution in [-0.4, -0.2) is 16.5 Å². The zero-order valence-electron chi connectivity index (χ0n) is 16.0. The van der Waals surface area contributed by atoms with Gasteiger partial charge in [0.05, 0.1) is 11.3 Å². The standard InChI is InChI=1S/C22H23F3N2O2/c23-22(24,25)19-16-18(20-13-14-21(29)27-26-20)12-11-17(19)10-8-6-4-2-1-3-5-7-9-15-28/h11-16H,1-7,9H2,(H,27,29). The number of alkyl halides is 3. The molecule has 1 heterocycles. The Morgan fingerprint density at radius 3 is 2.38 bits per heavy atom. The molecule has 0 amide bonds. The molecule has 154 valence electrons. The Morgan fingerprint density at radius 2 is 1.72 bits per heavy atom. The average molecular weight is 404 g/mol. The number of H-pyrrole nitrogens is 1. The number of nitrogens with one attached hydrogen (secondary N) is 1. The summed E-state index contributed by atoms with van der Waals surface area (Å²) in [5, 5.41) is 5.98. The summed E-state index contributed by atoms with van der Waals surface area (Å²) in [7, 11) is 0. The van der Waals surface area contributed by atoms with Gasteiger partial charge in [-0.25, -0.2) is 5.10 Å². The molecule has 0 aliphatic rings. The van der Waals surface area contributed by atoms with Gasteiger partial charge in [0.25, 0.3) is 5.56 Å². The third-order valence-electron chi connectivity index (χ3n) is 4.40. The number of aromatic nitrogens is 2. The van der Waals surface area contributed by atoms with Crippen molar-refractivity contribution in [1.29, 1.82) is 0 Å². The van der Waals surface area contributed by atoms with E-state index in [0.29, 0.717) is 12.8 Å². The highest BCUT2D eigenvalue weighted by atomic mass is 19.4. The Labute approximate surface area is 167 Å². The predicted molar refractivity (Wildman–Crippen MR) is 105 cm³/mol. The van der Waals surface area contributed by atoms with Gasteiger partial charge in [-0.3, -0.25) is 4.79 Å². The number of carbonyl (C=O) groups excluding carboxylic acids is 1. The van der Waals surface area contributed by atoms with E-state index in [1.54, 1.807) is 0 Å². The van der Waals surface area contributed by atoms with Gasteiger partial charge in [-0.05, 0) is 31.0 Å². The Kier molecular flexibility index (Phi) is 8.66. The van der Waals surface area contributed by atoms with Crippen LogP contribution in [0.3, 0.4) is 0 Å². The number of hydrogen-bond donors (Lipinski definition) is 1. The lowest BCUT2D eigenvalue weighted by atomic mass is 10.0. The lowest BCUT2D eigenvalue weighted by molar-refractivity contribution is -0.137. The number of unbranched alkanes of at least 4 members (excludes halogenated alkanes) is 7. The number of rotatable bonds is 9. The Bertz CT molecular complexity index is 904. The molecule has 0 aliphatic carbocycles. The van der Waals surface area contributed by atoms with E-state index < -0.39 is 17.3 Å². The smallest absolute Gasteiger partial charge is 0.303 e. The summed E-state index contributed by atoms with van der Waals surface area (Å²) >= 11 is 0. The molecule has 0 bridgehead atoms. The minimum Gasteiger partial charge on any atom is -0.303 e. The van der Waals surface area contributed by atoms with E-state index in [0.717, 1.165) is 50.9 Å². The van der Waals surface area contributed by atoms with Gasteiger partial charge in [0.2, 0.25) is 0 Å². The van der Waals surface area contributed by atoms with Crippen LogP contribution in [0.15, 0.2) is 35.1 Å². The van der Waals surface area contributed by atoms with Crippen LogP contribution in [-0.2, 0) is 11.0 Å². The maximum absolute atomic E-state index is 13.4. The Hall–Kier alpha value is -2.88. The number of carbonyl (C=O) groups is 1. The number of aldehydes is 1. The van der Waals surface area contributed by atoms with E-state index >= 15 is 0 Å². The second kappa shape index (κ2) is 11.2. The van der Waals surface area contributed by atoms with Crippen LogP contribution in [0.25, 0.3) is 11.3 Å². The molecular formula is C22H23F3N2O2. The molecule has 1 aromatic heterocycles. The first kappa shape index (κ1) is 22.4. The SMILES string of the molecule is O=CCCCCCCCCC#Cc1ccc(-c2ccc(=O)[nH]n2)cc1C(F)(F)F. The fraction of sp³-hybridized carbons (Fsp3) is 0.409. The van der Waals surface area contributed by atoms with Gasteiger partial charge >= 0.3 is 6.18 Å². The highest BCUT2D eigenvalue weighted by molar-refractivity contribution is 5.62. The molecular weight excluding hydrogens is 381 g/mol. The molecule has 0 spiro atoms. The van der Waals surface area contributed by atoms with Crippen molar-refractivity contribution in [2.45, 2.75) is 57.5 Å². The molecule has 0 saturated carbocycles. The highest BCUT2D eigenvalue weighted by Gasteiger charge is 2.33. The van der Waals surface area contributed by atoms with Crippen LogP contribution in [0.1, 0.15) is 62.5 Å². The Balaban J connectivity index is 1.98. The first-order valence-corrected chi connectivity index (χ1v) is 9.61. The average Bonchev–Trinajstić information content (AvgIpc) is 2.69. The molecule has 2 rings (SSSR count). The summed E-state index contributed by atoms with van der Waals surface area (Å²) < 4.78 is 40.3. The van der Waals surface area contributed by atoms with Crippen molar-refractivity contribution >= 4 is 6.29 Å². The number of benzene rings is 1. The first-order valence-electron chi connectivity index (χ1n) is 9.61. The zero-order valence-corrected chi connectivity index (χ0v) is 16.0. The fourth-order valence-corrected chi connectivity index (χ4v) is 2.86. The van der Waals surface area contributed by atoms with Gasteiger partial charge < -0.3 is 4.79 Å². The van der Waals surface area contributed by atoms with Gasteiger partial charge in [0.1, 0.15) is 6.29 Å². The molecule has 0 unspecified atom stereocenters. The third kappa shape index (κ3) is 7.57. The van der Waals surface area contributed by atoms with Gasteiger partial charge in [0, 0.05) is 30.0 Å². The molecule has 0 fully saturated rings. The summed E-state index contributed by atoms with van der Waals surface area (Å²) in [6.07, 6.45) is 3.36. The first-order chi connectivity index (χ1) is 13.9. The molecule has 0 saturated heterocycles. The van der Waals surface area contributed by atoms with Crippen LogP contribution in [0.4, 0.5) is 13.2 Å². The molecule has 0 atom stereocenters. The van der Waals surface area contributed by atoms with Crippen molar-refractivity contribution in [3.8, 4) is 23.1 Å². The van der Waals surface area contributed by atoms with Crippen molar-refractivity contribution in [3.63, 3.8) is 0 Å². The van der Waals surface area contributed by atoms with Crippen molar-refractivity contribution in [3.05, 3.63) is 51.8 Å². The molecule has 1 N–H and O–H groups in total. The van der Waals surface area contributed by atoms with E-state index in [9.17, 15) is 22.8 Å². The third-order valence-corrected chi connectivity index (χ3v) is 4.40. The van der Waals surface area contributed by atoms with Crippen LogP contribution in [0.5, 0.6) is 0 Å². The van der Waals surface area contributed by atoms with Crippen LogP contribution in [0, 0.1) is 11.8 Å². The summed E-state index contributed by atoms with van der Waals surface area (Å²) in [5.74, 6) is 5.47. The van der Waals surface area contributed by atoms with Crippen molar-refractivity contribution in [2.24, 2.45) is 0 Å². The molecule has 1 aromatic carbocycles. The normalized spacial score (nSPS) is 11.0. The van der Waals surface area contributed by atoms with Gasteiger partial charge in [-0.15, -0.1) is 0 Å². The Morgan fingerprint density at radius 1 is 1.00 bits per heavy atom. The van der Waals surface area contributed by atoms with Gasteiger partial charge in [-0.1, -0.05) is 43.6 Å². The molecule has 29 heavy (non-hydrogen) atoms. The zero-order chi connectivity index (χ0) is 21.1. The lowest BCUT2D eigenvalue weighted by Gasteiger charge is -2.11. The van der Waals surface area contributed by atoms with Crippen LogP contribution < -0.4 is 5.56 Å². The van der Waals surface area contributed by atoms with E-state index in [2.05, 4.69) is 22.0 Å². The molecule has 0 aliphatic heterocycles. The maximum atomic E-state index is 13.4. The summed E-state index contributed by atoms with van der Waals surface area (Å²) in [5.41, 5.74) is -0.796. The number of aromatic amines is 1. The minimum absolute atomic E-state index is 0.0699. The number of nitrogens with zero attached hydrogens (tertiary/aromatic N) is 1. The topological polar surface area (TPSA) is 62.8 Å². The van der Waals surface area contributed by atoms with Crippen molar-refractivity contribution in [2.75, 3.05) is 0 Å². The predicted octanol–water partition coefficient (Wildman–Crippen LogP) is 5.13. The second-order valence-corrected chi connectivity index (χ2v) is 6.69. The van der Waals surface area contributed by atoms with Gasteiger partial charge in [-0.2, -0.15) is 18.3 Å². The van der Waals surface area contributed by atoms with E-state index in [4.69, 9.17) is 0 Å². The van der Waals surface area contributed by atoms with Crippen LogP contribution in [0.2, 0.25) is 0 Å². The largest absolute Gasteiger partial charge is 0.417 e. The molecule has 2 aromatic rings. The van der Waals surface area contributed by atoms with Crippen molar-refractivity contribution in [1.82, 2.24) is 10.2 Å². The summed E-state index contributed by atoms with van der Waals surface area (Å²) in [4.78, 5) is 21.3. The van der Waals surface area contributed by atoms with E-state index in [1.807, 2.05) is 0 Å². The van der Waals surface area contributed by atoms with Gasteiger partial charge in [0.15, 0.2) is 0 Å². The van der Waals surface area contributed by atoms with Crippen LogP contribution >= 0.6 is 0 Å². The highest BCUT2D eigenvalue weighted by Crippen LogP contribution is 2.34. The maximum Gasteiger partial charge on any atom is 0.417 e. The fourth-order valence-electron chi connectivity index (χ4n) is 2.86. The summed E-state index contributed by atoms with van der Waals surface area (Å²) in [6, 6.07) is 6.44. The molecule has 7 heteroatoms. The summed E-state index contributed by atoms with van der Waals surface area (Å²) in [6.45, 7) is 0. The molecule has 0 radical (unpaired) electrons. The second-order valence-electron chi connectivity index (χ2n) is 6.69. The lowest BCUT2D eigenvalue weighted by Crippen LogP contribution is -2.09. The van der Waals surface area contributed by atoms with E-state index in [-0.39, 0.29) is 16.8 Å².